The van der Waals surface area contributed by atoms with Crippen molar-refractivity contribution in [2.24, 2.45) is 4.99 Å². The number of thioether (sulfide) groups is 1. The maximum atomic E-state index is 12.3. The van der Waals surface area contributed by atoms with E-state index < -0.39 is 0 Å². The van der Waals surface area contributed by atoms with Crippen LogP contribution >= 0.6 is 11.8 Å². The summed E-state index contributed by atoms with van der Waals surface area (Å²) in [6.45, 7) is 6.28. The molecule has 0 unspecified atom stereocenters. The van der Waals surface area contributed by atoms with Gasteiger partial charge in [-0.05, 0) is 55.8 Å². The van der Waals surface area contributed by atoms with Crippen LogP contribution in [0.1, 0.15) is 23.6 Å². The monoisotopic (exact) mass is 368 g/mol. The number of aromatic hydroxyl groups is 1. The maximum Gasteiger partial charge on any atom is 0.264 e. The molecular weight excluding hydrogens is 348 g/mol. The Balaban J connectivity index is 1.90. The highest BCUT2D eigenvalue weighted by molar-refractivity contribution is 8.18. The predicted octanol–water partition coefficient (Wildman–Crippen LogP) is 4.30. The van der Waals surface area contributed by atoms with E-state index in [2.05, 4.69) is 10.3 Å². The number of phenolic OH excluding ortho intramolecular Hbond substituents is 1. The standard InChI is InChI=1S/C20H20N2O3S/c1-4-25-15-10-6-9-14(18(15)23)11-16-19(24)22-20(26-16)21-17-12(2)7-5-8-13(17)3/h5-11,23H,4H2,1-3H3,(H,21,22,24)/b16-11-. The molecule has 1 aliphatic rings. The topological polar surface area (TPSA) is 70.9 Å². The Kier molecular flexibility index (Phi) is 5.32. The maximum absolute atomic E-state index is 12.3. The predicted molar refractivity (Wildman–Crippen MR) is 106 cm³/mol. The van der Waals surface area contributed by atoms with Crippen LogP contribution < -0.4 is 10.1 Å². The Morgan fingerprint density at radius 2 is 1.88 bits per heavy atom. The third-order valence-electron chi connectivity index (χ3n) is 3.92. The summed E-state index contributed by atoms with van der Waals surface area (Å²) in [4.78, 5) is 17.3. The van der Waals surface area contributed by atoms with Crippen LogP contribution in [-0.4, -0.2) is 22.8 Å². The van der Waals surface area contributed by atoms with Gasteiger partial charge in [0.15, 0.2) is 16.7 Å². The van der Waals surface area contributed by atoms with E-state index in [1.54, 1.807) is 24.3 Å². The molecule has 2 aromatic rings. The van der Waals surface area contributed by atoms with Crippen molar-refractivity contribution in [1.29, 1.82) is 0 Å². The first-order chi connectivity index (χ1) is 12.5. The van der Waals surface area contributed by atoms with E-state index in [9.17, 15) is 9.90 Å². The minimum Gasteiger partial charge on any atom is -0.504 e. The number of carbonyl (C=O) groups excluding carboxylic acids is 1. The van der Waals surface area contributed by atoms with Gasteiger partial charge in [-0.25, -0.2) is 4.99 Å². The molecule has 2 N–H and O–H groups in total. The zero-order valence-corrected chi connectivity index (χ0v) is 15.7. The number of para-hydroxylation sites is 2. The lowest BCUT2D eigenvalue weighted by molar-refractivity contribution is -0.115. The van der Waals surface area contributed by atoms with E-state index in [1.807, 2.05) is 39.0 Å². The average Bonchev–Trinajstić information content (AvgIpc) is 2.94. The van der Waals surface area contributed by atoms with Gasteiger partial charge in [-0.3, -0.25) is 4.79 Å². The van der Waals surface area contributed by atoms with Crippen molar-refractivity contribution < 1.29 is 14.6 Å². The third-order valence-corrected chi connectivity index (χ3v) is 4.83. The van der Waals surface area contributed by atoms with Gasteiger partial charge in [-0.15, -0.1) is 0 Å². The largest absolute Gasteiger partial charge is 0.504 e. The number of hydrogen-bond acceptors (Lipinski definition) is 5. The summed E-state index contributed by atoms with van der Waals surface area (Å²) < 4.78 is 5.38. The highest BCUT2D eigenvalue weighted by Gasteiger charge is 2.24. The van der Waals surface area contributed by atoms with Crippen LogP contribution in [0.15, 0.2) is 46.3 Å². The molecule has 5 nitrogen and oxygen atoms in total. The first kappa shape index (κ1) is 18.1. The van der Waals surface area contributed by atoms with Crippen LogP contribution in [0.4, 0.5) is 5.69 Å². The van der Waals surface area contributed by atoms with Crippen molar-refractivity contribution in [3.05, 3.63) is 58.0 Å². The van der Waals surface area contributed by atoms with E-state index >= 15 is 0 Å². The number of benzene rings is 2. The first-order valence-electron chi connectivity index (χ1n) is 8.30. The Hall–Kier alpha value is -2.73. The number of amides is 1. The Labute approximate surface area is 156 Å². The molecule has 1 heterocycles. The van der Waals surface area contributed by atoms with E-state index in [1.165, 1.54) is 11.8 Å². The minimum absolute atomic E-state index is 0.0235. The summed E-state index contributed by atoms with van der Waals surface area (Å²) in [6, 6.07) is 11.2. The number of nitrogens with one attached hydrogen (secondary N) is 1. The lowest BCUT2D eigenvalue weighted by Gasteiger charge is -2.07. The molecule has 0 aliphatic carbocycles. The molecular formula is C20H20N2O3S. The number of rotatable bonds is 4. The van der Waals surface area contributed by atoms with Gasteiger partial charge in [0.2, 0.25) is 0 Å². The van der Waals surface area contributed by atoms with E-state index in [-0.39, 0.29) is 11.7 Å². The quantitative estimate of drug-likeness (QED) is 0.790. The summed E-state index contributed by atoms with van der Waals surface area (Å²) in [6.07, 6.45) is 1.64. The van der Waals surface area contributed by atoms with Crippen molar-refractivity contribution in [2.75, 3.05) is 6.61 Å². The van der Waals surface area contributed by atoms with Crippen molar-refractivity contribution in [3.63, 3.8) is 0 Å². The fourth-order valence-corrected chi connectivity index (χ4v) is 3.45. The first-order valence-corrected chi connectivity index (χ1v) is 9.11. The minimum atomic E-state index is -0.235. The highest BCUT2D eigenvalue weighted by Crippen LogP contribution is 2.35. The number of aryl methyl sites for hydroxylation is 2. The molecule has 3 rings (SSSR count). The summed E-state index contributed by atoms with van der Waals surface area (Å²) in [5.74, 6) is 0.186. The van der Waals surface area contributed by atoms with Crippen LogP contribution in [0, 0.1) is 13.8 Å². The normalized spacial score (nSPS) is 17.0. The summed E-state index contributed by atoms with van der Waals surface area (Å²) in [7, 11) is 0. The average molecular weight is 368 g/mol. The Morgan fingerprint density at radius 1 is 1.19 bits per heavy atom. The molecule has 0 atom stereocenters. The van der Waals surface area contributed by atoms with Crippen LogP contribution in [0.5, 0.6) is 11.5 Å². The molecule has 0 bridgehead atoms. The molecule has 1 aliphatic heterocycles. The zero-order valence-electron chi connectivity index (χ0n) is 14.9. The molecule has 1 fully saturated rings. The Bertz CT molecular complexity index is 899. The van der Waals surface area contributed by atoms with E-state index in [4.69, 9.17) is 4.74 Å². The second-order valence-electron chi connectivity index (χ2n) is 5.85. The molecule has 1 saturated heterocycles. The number of amidine groups is 1. The van der Waals surface area contributed by atoms with Crippen molar-refractivity contribution in [1.82, 2.24) is 5.32 Å². The van der Waals surface area contributed by atoms with Crippen molar-refractivity contribution in [2.45, 2.75) is 20.8 Å². The van der Waals surface area contributed by atoms with Crippen LogP contribution in [0.25, 0.3) is 6.08 Å². The SMILES string of the molecule is CCOc1cccc(/C=C2\SC(=Nc3c(C)cccc3C)NC2=O)c1O. The summed E-state index contributed by atoms with van der Waals surface area (Å²) in [5.41, 5.74) is 3.48. The molecule has 0 aromatic heterocycles. The lowest BCUT2D eigenvalue weighted by atomic mass is 10.1. The zero-order chi connectivity index (χ0) is 18.7. The van der Waals surface area contributed by atoms with Gasteiger partial charge in [-0.2, -0.15) is 0 Å². The fraction of sp³-hybridized carbons (Fsp3) is 0.200. The van der Waals surface area contributed by atoms with Gasteiger partial charge in [0.05, 0.1) is 17.2 Å². The van der Waals surface area contributed by atoms with Crippen molar-refractivity contribution >= 4 is 34.6 Å². The molecule has 134 valence electrons. The number of phenols is 1. The van der Waals surface area contributed by atoms with Crippen molar-refractivity contribution in [3.8, 4) is 11.5 Å². The third kappa shape index (κ3) is 3.75. The molecule has 2 aromatic carbocycles. The fourth-order valence-electron chi connectivity index (χ4n) is 2.63. The van der Waals surface area contributed by atoms with E-state index in [0.717, 1.165) is 16.8 Å². The van der Waals surface area contributed by atoms with Gasteiger partial charge in [0.25, 0.3) is 5.91 Å². The number of aliphatic imine (C=N–C) groups is 1. The van der Waals surface area contributed by atoms with E-state index in [0.29, 0.717) is 28.0 Å². The van der Waals surface area contributed by atoms with Crippen LogP contribution in [0.2, 0.25) is 0 Å². The second kappa shape index (κ2) is 7.66. The highest BCUT2D eigenvalue weighted by atomic mass is 32.2. The van der Waals surface area contributed by atoms with Gasteiger partial charge >= 0.3 is 0 Å². The van der Waals surface area contributed by atoms with Gasteiger partial charge in [0.1, 0.15) is 0 Å². The van der Waals surface area contributed by atoms with Gasteiger partial charge in [0, 0.05) is 5.56 Å². The summed E-state index contributed by atoms with van der Waals surface area (Å²) in [5, 5.41) is 13.6. The van der Waals surface area contributed by atoms with Gasteiger partial charge in [-0.1, -0.05) is 30.3 Å². The molecule has 26 heavy (non-hydrogen) atoms. The molecule has 0 spiro atoms. The smallest absolute Gasteiger partial charge is 0.264 e. The lowest BCUT2D eigenvalue weighted by Crippen LogP contribution is -2.19. The van der Waals surface area contributed by atoms with Gasteiger partial charge < -0.3 is 15.2 Å². The second-order valence-corrected chi connectivity index (χ2v) is 6.88. The number of nitrogens with zero attached hydrogens (tertiary/aromatic N) is 1. The Morgan fingerprint density at radius 3 is 2.58 bits per heavy atom. The van der Waals surface area contributed by atoms with Crippen LogP contribution in [0.3, 0.4) is 0 Å². The number of carbonyl (C=O) groups is 1. The molecule has 0 saturated carbocycles. The number of ether oxygens (including phenoxy) is 1. The molecule has 6 heteroatoms. The van der Waals surface area contributed by atoms with Crippen LogP contribution in [-0.2, 0) is 4.79 Å². The molecule has 0 radical (unpaired) electrons. The summed E-state index contributed by atoms with van der Waals surface area (Å²) >= 11 is 1.25. The number of hydrogen-bond donors (Lipinski definition) is 2. The molecule has 1 amide bonds.